The van der Waals surface area contributed by atoms with E-state index in [0.29, 0.717) is 0 Å². The van der Waals surface area contributed by atoms with E-state index in [4.69, 9.17) is 4.74 Å². The van der Waals surface area contributed by atoms with Crippen LogP contribution in [0.2, 0.25) is 0 Å². The summed E-state index contributed by atoms with van der Waals surface area (Å²) in [5, 5.41) is 4.98. The second-order valence-corrected chi connectivity index (χ2v) is 4.90. The first kappa shape index (κ1) is 13.4. The molecule has 0 aliphatic carbocycles. The van der Waals surface area contributed by atoms with E-state index in [2.05, 4.69) is 5.32 Å². The fourth-order valence-electron chi connectivity index (χ4n) is 1.94. The summed E-state index contributed by atoms with van der Waals surface area (Å²) in [6.45, 7) is 5.63. The molecule has 1 atom stereocenters. The number of hydrogen-bond donors (Lipinski definition) is 1. The molecule has 2 aromatic carbocycles. The molecule has 0 aliphatic rings. The molecule has 2 aromatic rings. The van der Waals surface area contributed by atoms with Crippen molar-refractivity contribution >= 4 is 16.7 Å². The number of nitrogens with one attached hydrogen (secondary N) is 1. The molecule has 0 radical (unpaired) electrons. The van der Waals surface area contributed by atoms with Crippen LogP contribution in [0.4, 0.5) is 0 Å². The number of amides is 1. The monoisotopic (exact) mass is 257 g/mol. The van der Waals surface area contributed by atoms with Gasteiger partial charge in [0.25, 0.3) is 5.91 Å². The summed E-state index contributed by atoms with van der Waals surface area (Å²) in [5.41, 5.74) is 0. The smallest absolute Gasteiger partial charge is 0.260 e. The number of hydrogen-bond acceptors (Lipinski definition) is 2. The van der Waals surface area contributed by atoms with Crippen LogP contribution >= 0.6 is 0 Å². The molecule has 1 N–H and O–H groups in total. The largest absolute Gasteiger partial charge is 0.480 e. The normalized spacial score (nSPS) is 12.4. The van der Waals surface area contributed by atoms with E-state index in [0.717, 1.165) is 16.5 Å². The van der Waals surface area contributed by atoms with Crippen molar-refractivity contribution in [1.29, 1.82) is 0 Å². The Hall–Kier alpha value is -2.03. The number of carbonyl (C=O) groups is 1. The summed E-state index contributed by atoms with van der Waals surface area (Å²) in [6.07, 6.45) is -0.506. The van der Waals surface area contributed by atoms with Gasteiger partial charge in [-0.1, -0.05) is 36.4 Å². The second kappa shape index (κ2) is 5.74. The molecule has 1 amide bonds. The summed E-state index contributed by atoms with van der Waals surface area (Å²) >= 11 is 0. The first-order chi connectivity index (χ1) is 9.08. The highest BCUT2D eigenvalue weighted by molar-refractivity contribution is 5.89. The van der Waals surface area contributed by atoms with Crippen molar-refractivity contribution in [2.45, 2.75) is 32.9 Å². The Balaban J connectivity index is 2.19. The molecule has 0 heterocycles. The van der Waals surface area contributed by atoms with Crippen LogP contribution in [0.15, 0.2) is 42.5 Å². The summed E-state index contributed by atoms with van der Waals surface area (Å²) in [7, 11) is 0. The minimum absolute atomic E-state index is 0.0945. The quantitative estimate of drug-likeness (QED) is 0.913. The maximum atomic E-state index is 11.9. The Morgan fingerprint density at radius 1 is 1.05 bits per heavy atom. The first-order valence-electron chi connectivity index (χ1n) is 6.52. The minimum atomic E-state index is -0.506. The van der Waals surface area contributed by atoms with Crippen LogP contribution in [0.5, 0.6) is 5.75 Å². The lowest BCUT2D eigenvalue weighted by Gasteiger charge is -2.17. The number of rotatable bonds is 4. The molecular weight excluding hydrogens is 238 g/mol. The van der Waals surface area contributed by atoms with Crippen LogP contribution in [-0.4, -0.2) is 18.1 Å². The number of carbonyl (C=O) groups excluding carboxylic acids is 1. The van der Waals surface area contributed by atoms with E-state index in [1.165, 1.54) is 0 Å². The van der Waals surface area contributed by atoms with Crippen molar-refractivity contribution in [1.82, 2.24) is 5.32 Å². The Morgan fingerprint density at radius 2 is 1.74 bits per heavy atom. The molecule has 0 aliphatic heterocycles. The molecule has 100 valence electrons. The Morgan fingerprint density at radius 3 is 2.47 bits per heavy atom. The highest BCUT2D eigenvalue weighted by atomic mass is 16.5. The van der Waals surface area contributed by atoms with Crippen molar-refractivity contribution in [3.8, 4) is 5.75 Å². The zero-order valence-corrected chi connectivity index (χ0v) is 11.5. The Labute approximate surface area is 113 Å². The van der Waals surface area contributed by atoms with E-state index in [9.17, 15) is 4.79 Å². The van der Waals surface area contributed by atoms with Crippen LogP contribution in [-0.2, 0) is 4.79 Å². The highest BCUT2D eigenvalue weighted by Gasteiger charge is 2.16. The summed E-state index contributed by atoms with van der Waals surface area (Å²) < 4.78 is 5.78. The van der Waals surface area contributed by atoms with Crippen molar-refractivity contribution in [2.24, 2.45) is 0 Å². The molecule has 0 unspecified atom stereocenters. The van der Waals surface area contributed by atoms with E-state index < -0.39 is 6.10 Å². The van der Waals surface area contributed by atoms with E-state index in [-0.39, 0.29) is 11.9 Å². The topological polar surface area (TPSA) is 38.3 Å². The van der Waals surface area contributed by atoms with Gasteiger partial charge in [-0.25, -0.2) is 0 Å². The van der Waals surface area contributed by atoms with Gasteiger partial charge in [0.2, 0.25) is 0 Å². The highest BCUT2D eigenvalue weighted by Crippen LogP contribution is 2.25. The van der Waals surface area contributed by atoms with Gasteiger partial charge in [-0.15, -0.1) is 0 Å². The fraction of sp³-hybridized carbons (Fsp3) is 0.312. The third-order valence-corrected chi connectivity index (χ3v) is 2.85. The van der Waals surface area contributed by atoms with Gasteiger partial charge in [-0.3, -0.25) is 4.79 Å². The van der Waals surface area contributed by atoms with Gasteiger partial charge in [0.05, 0.1) is 0 Å². The van der Waals surface area contributed by atoms with Gasteiger partial charge in [-0.05, 0) is 32.2 Å². The molecule has 0 bridgehead atoms. The molecule has 0 saturated carbocycles. The predicted molar refractivity (Wildman–Crippen MR) is 77.3 cm³/mol. The second-order valence-electron chi connectivity index (χ2n) is 4.90. The Bertz CT molecular complexity index is 572. The molecule has 0 saturated heterocycles. The van der Waals surface area contributed by atoms with Gasteiger partial charge in [0.15, 0.2) is 6.10 Å². The summed E-state index contributed by atoms with van der Waals surface area (Å²) in [4.78, 5) is 11.9. The van der Waals surface area contributed by atoms with Crippen LogP contribution in [0, 0.1) is 0 Å². The molecule has 2 rings (SSSR count). The average Bonchev–Trinajstić information content (AvgIpc) is 2.38. The van der Waals surface area contributed by atoms with Gasteiger partial charge in [0.1, 0.15) is 5.75 Å². The lowest BCUT2D eigenvalue weighted by Crippen LogP contribution is -2.40. The van der Waals surface area contributed by atoms with Crippen LogP contribution < -0.4 is 10.1 Å². The van der Waals surface area contributed by atoms with E-state index >= 15 is 0 Å². The predicted octanol–water partition coefficient (Wildman–Crippen LogP) is 3.13. The molecule has 0 fully saturated rings. The molecule has 0 aromatic heterocycles. The number of ether oxygens (including phenoxy) is 1. The van der Waals surface area contributed by atoms with Gasteiger partial charge in [0, 0.05) is 11.4 Å². The van der Waals surface area contributed by atoms with Crippen LogP contribution in [0.3, 0.4) is 0 Å². The molecule has 0 spiro atoms. The fourth-order valence-corrected chi connectivity index (χ4v) is 1.94. The van der Waals surface area contributed by atoms with Crippen molar-refractivity contribution in [3.05, 3.63) is 42.5 Å². The zero-order chi connectivity index (χ0) is 13.8. The average molecular weight is 257 g/mol. The van der Waals surface area contributed by atoms with E-state index in [1.54, 1.807) is 6.92 Å². The van der Waals surface area contributed by atoms with Crippen molar-refractivity contribution in [3.63, 3.8) is 0 Å². The number of fused-ring (bicyclic) bond motifs is 1. The first-order valence-corrected chi connectivity index (χ1v) is 6.52. The lowest BCUT2D eigenvalue weighted by molar-refractivity contribution is -0.127. The van der Waals surface area contributed by atoms with Crippen molar-refractivity contribution < 1.29 is 9.53 Å². The van der Waals surface area contributed by atoms with Crippen molar-refractivity contribution in [2.75, 3.05) is 0 Å². The summed E-state index contributed by atoms with van der Waals surface area (Å²) in [6, 6.07) is 14.0. The SMILES string of the molecule is CC(C)NC(=O)[C@@H](C)Oc1cccc2ccccc12. The molecule has 3 heteroatoms. The minimum Gasteiger partial charge on any atom is -0.480 e. The summed E-state index contributed by atoms with van der Waals surface area (Å²) in [5.74, 6) is 0.646. The van der Waals surface area contributed by atoms with Crippen LogP contribution in [0.1, 0.15) is 20.8 Å². The molecular formula is C16H19NO2. The third-order valence-electron chi connectivity index (χ3n) is 2.85. The van der Waals surface area contributed by atoms with Gasteiger partial charge in [-0.2, -0.15) is 0 Å². The van der Waals surface area contributed by atoms with E-state index in [1.807, 2.05) is 56.3 Å². The molecule has 19 heavy (non-hydrogen) atoms. The maximum absolute atomic E-state index is 11.9. The lowest BCUT2D eigenvalue weighted by atomic mass is 10.1. The maximum Gasteiger partial charge on any atom is 0.260 e. The standard InChI is InChI=1S/C16H19NO2/c1-11(2)17-16(18)12(3)19-15-10-6-8-13-7-4-5-9-14(13)15/h4-12H,1-3H3,(H,17,18)/t12-/m1/s1. The Kier molecular flexibility index (Phi) is 4.05. The van der Waals surface area contributed by atoms with Crippen LogP contribution in [0.25, 0.3) is 10.8 Å². The zero-order valence-electron chi connectivity index (χ0n) is 11.5. The third kappa shape index (κ3) is 3.25. The number of benzene rings is 2. The van der Waals surface area contributed by atoms with Gasteiger partial charge >= 0.3 is 0 Å². The molecule has 3 nitrogen and oxygen atoms in total. The van der Waals surface area contributed by atoms with Gasteiger partial charge < -0.3 is 10.1 Å².